The van der Waals surface area contributed by atoms with Gasteiger partial charge in [-0.25, -0.2) is 8.78 Å². The molecule has 2 aliphatic heterocycles. The van der Waals surface area contributed by atoms with E-state index in [9.17, 15) is 8.78 Å². The molecule has 0 aliphatic carbocycles. The summed E-state index contributed by atoms with van der Waals surface area (Å²) in [5.41, 5.74) is 8.19. The average Bonchev–Trinajstić information content (AvgIpc) is 2.70. The number of nitrogens with one attached hydrogen (secondary N) is 1. The Morgan fingerprint density at radius 3 is 2.50 bits per heavy atom. The Kier molecular flexibility index (Phi) is 4.52. The van der Waals surface area contributed by atoms with Crippen LogP contribution in [0.4, 0.5) is 14.5 Å². The van der Waals surface area contributed by atoms with Crippen molar-refractivity contribution in [2.75, 3.05) is 5.32 Å². The number of hydrogen-bond acceptors (Lipinski definition) is 2. The van der Waals surface area contributed by atoms with Crippen molar-refractivity contribution in [3.05, 3.63) is 88.0 Å². The summed E-state index contributed by atoms with van der Waals surface area (Å²) in [6, 6.07) is 12.2. The van der Waals surface area contributed by atoms with E-state index in [1.807, 2.05) is 30.3 Å². The molecule has 0 atom stereocenters. The summed E-state index contributed by atoms with van der Waals surface area (Å²) < 4.78 is 35.1. The van der Waals surface area contributed by atoms with Crippen LogP contribution in [0, 0.1) is 25.5 Å². The van der Waals surface area contributed by atoms with E-state index in [1.54, 1.807) is 0 Å². The molecule has 0 saturated carbocycles. The van der Waals surface area contributed by atoms with E-state index >= 15 is 0 Å². The first-order chi connectivity index (χ1) is 15.1. The lowest BCUT2D eigenvalue weighted by Crippen LogP contribution is -2.32. The molecule has 0 bridgehead atoms. The number of ether oxygens (including phenoxy) is 1. The molecule has 0 unspecified atom stereocenters. The second-order valence-electron chi connectivity index (χ2n) is 9.25. The number of rotatable bonds is 1. The van der Waals surface area contributed by atoms with E-state index in [1.165, 1.54) is 11.6 Å². The van der Waals surface area contributed by atoms with Crippen molar-refractivity contribution in [2.24, 2.45) is 0 Å². The van der Waals surface area contributed by atoms with E-state index in [0.717, 1.165) is 45.1 Å². The third-order valence-corrected chi connectivity index (χ3v) is 6.32. The molecule has 0 amide bonds. The highest BCUT2D eigenvalue weighted by Crippen LogP contribution is 2.50. The molecule has 3 aromatic rings. The first-order valence-corrected chi connectivity index (χ1v) is 10.8. The van der Waals surface area contributed by atoms with Gasteiger partial charge in [-0.1, -0.05) is 30.3 Å². The van der Waals surface area contributed by atoms with Gasteiger partial charge in [-0.3, -0.25) is 0 Å². The Balaban J connectivity index is 1.84. The molecule has 32 heavy (non-hydrogen) atoms. The molecule has 2 aliphatic rings. The van der Waals surface area contributed by atoms with Crippen molar-refractivity contribution in [1.29, 1.82) is 0 Å². The standard InChI is InChI=1S/C28H25F2NO/c1-15-7-6-8-18(17(15)3)11-24-26-20(21-12-19(29)13-22(30)27(21)32-24)9-10-23-25(26)16(2)14-28(4,5)31-23/h6-14,31H,1-5H3. The molecule has 4 heteroatoms. The largest absolute Gasteiger partial charge is 0.453 e. The van der Waals surface area contributed by atoms with Crippen LogP contribution < -0.4 is 10.1 Å². The molecule has 2 nitrogen and oxygen atoms in total. The van der Waals surface area contributed by atoms with Gasteiger partial charge in [-0.05, 0) is 80.7 Å². The van der Waals surface area contributed by atoms with Crippen LogP contribution in [0.15, 0.2) is 48.5 Å². The lowest BCUT2D eigenvalue weighted by Gasteiger charge is -2.35. The van der Waals surface area contributed by atoms with Crippen LogP contribution in [0.1, 0.15) is 48.6 Å². The molecule has 2 heterocycles. The summed E-state index contributed by atoms with van der Waals surface area (Å²) in [6.07, 6.45) is 4.13. The molecule has 0 aromatic heterocycles. The predicted octanol–water partition coefficient (Wildman–Crippen LogP) is 7.75. The number of allylic oxidation sites excluding steroid dienone is 1. The Hall–Kier alpha value is -3.40. The Morgan fingerprint density at radius 1 is 0.938 bits per heavy atom. The van der Waals surface area contributed by atoms with E-state index in [4.69, 9.17) is 4.74 Å². The van der Waals surface area contributed by atoms with E-state index in [0.29, 0.717) is 11.3 Å². The summed E-state index contributed by atoms with van der Waals surface area (Å²) in [4.78, 5) is 0. The van der Waals surface area contributed by atoms with Gasteiger partial charge in [0.25, 0.3) is 0 Å². The highest BCUT2D eigenvalue weighted by molar-refractivity contribution is 6.00. The molecule has 0 radical (unpaired) electrons. The van der Waals surface area contributed by atoms with Crippen molar-refractivity contribution in [3.8, 4) is 16.9 Å². The van der Waals surface area contributed by atoms with Gasteiger partial charge in [0.15, 0.2) is 11.6 Å². The molecule has 0 saturated heterocycles. The smallest absolute Gasteiger partial charge is 0.171 e. The van der Waals surface area contributed by atoms with Crippen LogP contribution in [0.25, 0.3) is 28.5 Å². The van der Waals surface area contributed by atoms with Crippen LogP contribution in [-0.4, -0.2) is 5.54 Å². The quantitative estimate of drug-likeness (QED) is 0.427. The van der Waals surface area contributed by atoms with Gasteiger partial charge in [0.05, 0.1) is 5.54 Å². The zero-order chi connectivity index (χ0) is 22.8. The van der Waals surface area contributed by atoms with Crippen LogP contribution in [0.5, 0.6) is 5.75 Å². The topological polar surface area (TPSA) is 21.3 Å². The molecule has 3 aromatic carbocycles. The Morgan fingerprint density at radius 2 is 1.72 bits per heavy atom. The van der Waals surface area contributed by atoms with Gasteiger partial charge in [-0.2, -0.15) is 0 Å². The Labute approximate surface area is 187 Å². The lowest BCUT2D eigenvalue weighted by atomic mass is 9.83. The van der Waals surface area contributed by atoms with Gasteiger partial charge >= 0.3 is 0 Å². The van der Waals surface area contributed by atoms with Gasteiger partial charge in [0, 0.05) is 28.4 Å². The number of benzene rings is 3. The fourth-order valence-electron chi connectivity index (χ4n) is 4.79. The zero-order valence-corrected chi connectivity index (χ0v) is 18.9. The number of aryl methyl sites for hydroxylation is 1. The number of hydrogen-bond donors (Lipinski definition) is 1. The number of fused-ring (bicyclic) bond motifs is 5. The van der Waals surface area contributed by atoms with Crippen molar-refractivity contribution in [2.45, 2.75) is 40.2 Å². The SMILES string of the molecule is CC1=CC(C)(C)Nc2ccc3c(c21)C(=Cc1cccc(C)c1C)Oc1c(F)cc(F)cc1-3. The van der Waals surface area contributed by atoms with Crippen molar-refractivity contribution in [1.82, 2.24) is 0 Å². The minimum Gasteiger partial charge on any atom is -0.453 e. The van der Waals surface area contributed by atoms with Crippen LogP contribution in [0.3, 0.4) is 0 Å². The number of anilines is 1. The molecule has 0 fully saturated rings. The molecule has 0 spiro atoms. The van der Waals surface area contributed by atoms with E-state index < -0.39 is 11.6 Å². The number of halogens is 2. The van der Waals surface area contributed by atoms with E-state index in [2.05, 4.69) is 52.1 Å². The normalized spacial score (nSPS) is 17.0. The van der Waals surface area contributed by atoms with Gasteiger partial charge < -0.3 is 10.1 Å². The van der Waals surface area contributed by atoms with Crippen LogP contribution >= 0.6 is 0 Å². The minimum atomic E-state index is -0.707. The van der Waals surface area contributed by atoms with Gasteiger partial charge in [0.1, 0.15) is 11.6 Å². The summed E-state index contributed by atoms with van der Waals surface area (Å²) in [6.45, 7) is 10.4. The maximum absolute atomic E-state index is 14.8. The first-order valence-electron chi connectivity index (χ1n) is 10.8. The molecular weight excluding hydrogens is 404 g/mol. The lowest BCUT2D eigenvalue weighted by molar-refractivity contribution is 0.460. The summed E-state index contributed by atoms with van der Waals surface area (Å²) in [5.74, 6) is -0.720. The third kappa shape index (κ3) is 3.22. The zero-order valence-electron chi connectivity index (χ0n) is 18.9. The van der Waals surface area contributed by atoms with E-state index in [-0.39, 0.29) is 11.3 Å². The van der Waals surface area contributed by atoms with Gasteiger partial charge in [0.2, 0.25) is 0 Å². The Bertz CT molecular complexity index is 1350. The van der Waals surface area contributed by atoms with Crippen molar-refractivity contribution in [3.63, 3.8) is 0 Å². The van der Waals surface area contributed by atoms with Crippen molar-refractivity contribution < 1.29 is 13.5 Å². The minimum absolute atomic E-state index is 0.0566. The summed E-state index contributed by atoms with van der Waals surface area (Å²) in [7, 11) is 0. The monoisotopic (exact) mass is 429 g/mol. The molecular formula is C28H25F2NO. The summed E-state index contributed by atoms with van der Waals surface area (Å²) in [5, 5.41) is 3.56. The highest BCUT2D eigenvalue weighted by atomic mass is 19.1. The average molecular weight is 430 g/mol. The fourth-order valence-corrected chi connectivity index (χ4v) is 4.79. The first kappa shape index (κ1) is 20.5. The predicted molar refractivity (Wildman–Crippen MR) is 128 cm³/mol. The molecule has 162 valence electrons. The van der Waals surface area contributed by atoms with Crippen LogP contribution in [0.2, 0.25) is 0 Å². The fraction of sp³-hybridized carbons (Fsp3) is 0.214. The van der Waals surface area contributed by atoms with Crippen molar-refractivity contribution >= 4 is 23.1 Å². The second kappa shape index (κ2) is 7.06. The molecule has 5 rings (SSSR count). The molecule has 1 N–H and O–H groups in total. The third-order valence-electron chi connectivity index (χ3n) is 6.32. The van der Waals surface area contributed by atoms with Crippen LogP contribution in [-0.2, 0) is 0 Å². The maximum Gasteiger partial charge on any atom is 0.171 e. The maximum atomic E-state index is 14.8. The highest BCUT2D eigenvalue weighted by Gasteiger charge is 2.32. The van der Waals surface area contributed by atoms with Gasteiger partial charge in [-0.15, -0.1) is 0 Å². The summed E-state index contributed by atoms with van der Waals surface area (Å²) >= 11 is 0. The second-order valence-corrected chi connectivity index (χ2v) is 9.25.